The first-order chi connectivity index (χ1) is 8.60. The van der Waals surface area contributed by atoms with Crippen LogP contribution in [0.5, 0.6) is 0 Å². The number of aliphatic imine (C=N–C) groups is 1. The van der Waals surface area contributed by atoms with E-state index in [0.29, 0.717) is 12.1 Å². The van der Waals surface area contributed by atoms with E-state index in [-0.39, 0.29) is 5.56 Å². The van der Waals surface area contributed by atoms with Crippen LogP contribution in [0.3, 0.4) is 0 Å². The SMILES string of the molecule is CCNC(=NCc1ccc(C)n(C)c1=O)NCC. The van der Waals surface area contributed by atoms with Crippen molar-refractivity contribution in [3.8, 4) is 0 Å². The summed E-state index contributed by atoms with van der Waals surface area (Å²) >= 11 is 0. The Morgan fingerprint density at radius 2 is 1.89 bits per heavy atom. The van der Waals surface area contributed by atoms with E-state index in [1.165, 1.54) is 0 Å². The van der Waals surface area contributed by atoms with Crippen LogP contribution in [0, 0.1) is 6.92 Å². The van der Waals surface area contributed by atoms with Crippen molar-refractivity contribution in [3.05, 3.63) is 33.7 Å². The molecule has 1 heterocycles. The van der Waals surface area contributed by atoms with Gasteiger partial charge in [-0.1, -0.05) is 0 Å². The van der Waals surface area contributed by atoms with Gasteiger partial charge in [0.15, 0.2) is 5.96 Å². The molecule has 1 aromatic heterocycles. The number of guanidine groups is 1. The van der Waals surface area contributed by atoms with Gasteiger partial charge in [0.25, 0.3) is 5.56 Å². The molecule has 0 spiro atoms. The fourth-order valence-electron chi connectivity index (χ4n) is 1.57. The minimum atomic E-state index is 0.0195. The highest BCUT2D eigenvalue weighted by Crippen LogP contribution is 1.98. The predicted molar refractivity (Wildman–Crippen MR) is 74.9 cm³/mol. The normalized spacial score (nSPS) is 10.0. The van der Waals surface area contributed by atoms with Gasteiger partial charge in [-0.25, -0.2) is 4.99 Å². The molecule has 1 aromatic rings. The lowest BCUT2D eigenvalue weighted by atomic mass is 10.2. The highest BCUT2D eigenvalue weighted by Gasteiger charge is 2.03. The van der Waals surface area contributed by atoms with Crippen LogP contribution in [-0.2, 0) is 13.6 Å². The molecule has 2 N–H and O–H groups in total. The number of nitrogens with zero attached hydrogens (tertiary/aromatic N) is 2. The number of nitrogens with one attached hydrogen (secondary N) is 2. The standard InChI is InChI=1S/C13H22N4O/c1-5-14-13(15-6-2)16-9-11-8-7-10(3)17(4)12(11)18/h7-8H,5-6,9H2,1-4H3,(H2,14,15,16). The van der Waals surface area contributed by atoms with Crippen molar-refractivity contribution in [2.24, 2.45) is 12.0 Å². The van der Waals surface area contributed by atoms with Gasteiger partial charge in [-0.3, -0.25) is 4.79 Å². The molecule has 0 atom stereocenters. The Hall–Kier alpha value is -1.78. The number of rotatable bonds is 4. The molecule has 1 rings (SSSR count). The van der Waals surface area contributed by atoms with E-state index in [0.717, 1.165) is 24.7 Å². The van der Waals surface area contributed by atoms with Crippen LogP contribution < -0.4 is 16.2 Å². The monoisotopic (exact) mass is 250 g/mol. The fourth-order valence-corrected chi connectivity index (χ4v) is 1.57. The molecule has 0 aliphatic carbocycles. The average molecular weight is 250 g/mol. The molecule has 0 bridgehead atoms. The first-order valence-electron chi connectivity index (χ1n) is 6.27. The maximum absolute atomic E-state index is 12.0. The minimum absolute atomic E-state index is 0.0195. The molecular formula is C13H22N4O. The molecule has 100 valence electrons. The summed E-state index contributed by atoms with van der Waals surface area (Å²) in [4.78, 5) is 16.4. The summed E-state index contributed by atoms with van der Waals surface area (Å²) in [5.74, 6) is 0.739. The number of aryl methyl sites for hydroxylation is 1. The Balaban J connectivity index is 2.87. The van der Waals surface area contributed by atoms with Crippen LogP contribution >= 0.6 is 0 Å². The Kier molecular flexibility index (Phi) is 5.42. The Morgan fingerprint density at radius 1 is 1.28 bits per heavy atom. The number of hydrogen-bond donors (Lipinski definition) is 2. The van der Waals surface area contributed by atoms with Crippen LogP contribution in [0.2, 0.25) is 0 Å². The van der Waals surface area contributed by atoms with Gasteiger partial charge in [0.2, 0.25) is 0 Å². The van der Waals surface area contributed by atoms with E-state index >= 15 is 0 Å². The Labute approximate surface area is 108 Å². The van der Waals surface area contributed by atoms with E-state index in [1.54, 1.807) is 11.6 Å². The van der Waals surface area contributed by atoms with E-state index in [1.807, 2.05) is 32.9 Å². The molecule has 5 nitrogen and oxygen atoms in total. The Bertz CT molecular complexity index is 468. The molecule has 0 aliphatic heterocycles. The zero-order valence-electron chi connectivity index (χ0n) is 11.6. The van der Waals surface area contributed by atoms with Crippen molar-refractivity contribution in [2.45, 2.75) is 27.3 Å². The molecule has 0 unspecified atom stereocenters. The molecule has 0 aliphatic rings. The molecule has 0 fully saturated rings. The molecule has 0 radical (unpaired) electrons. The molecule has 0 amide bonds. The Morgan fingerprint density at radius 3 is 2.44 bits per heavy atom. The van der Waals surface area contributed by atoms with Gasteiger partial charge in [-0.05, 0) is 32.9 Å². The van der Waals surface area contributed by atoms with Gasteiger partial charge in [-0.15, -0.1) is 0 Å². The number of aromatic nitrogens is 1. The second-order valence-electron chi connectivity index (χ2n) is 4.09. The minimum Gasteiger partial charge on any atom is -0.357 e. The summed E-state index contributed by atoms with van der Waals surface area (Å²) in [7, 11) is 1.78. The second kappa shape index (κ2) is 6.83. The van der Waals surface area contributed by atoms with Crippen molar-refractivity contribution in [2.75, 3.05) is 13.1 Å². The van der Waals surface area contributed by atoms with Gasteiger partial charge in [0.05, 0.1) is 6.54 Å². The second-order valence-corrected chi connectivity index (χ2v) is 4.09. The first-order valence-corrected chi connectivity index (χ1v) is 6.27. The van der Waals surface area contributed by atoms with E-state index < -0.39 is 0 Å². The zero-order valence-corrected chi connectivity index (χ0v) is 11.6. The van der Waals surface area contributed by atoms with Crippen LogP contribution in [0.1, 0.15) is 25.1 Å². The predicted octanol–water partition coefficient (Wildman–Crippen LogP) is 0.769. The van der Waals surface area contributed by atoms with Crippen molar-refractivity contribution in [1.82, 2.24) is 15.2 Å². The van der Waals surface area contributed by atoms with E-state index in [2.05, 4.69) is 15.6 Å². The molecular weight excluding hydrogens is 228 g/mol. The first kappa shape index (κ1) is 14.3. The van der Waals surface area contributed by atoms with Crippen LogP contribution in [-0.4, -0.2) is 23.6 Å². The van der Waals surface area contributed by atoms with Gasteiger partial charge in [0, 0.05) is 31.4 Å². The van der Waals surface area contributed by atoms with Crippen LogP contribution in [0.4, 0.5) is 0 Å². The molecule has 18 heavy (non-hydrogen) atoms. The van der Waals surface area contributed by atoms with E-state index in [4.69, 9.17) is 0 Å². The number of hydrogen-bond acceptors (Lipinski definition) is 2. The molecule has 0 saturated heterocycles. The van der Waals surface area contributed by atoms with Crippen LogP contribution in [0.25, 0.3) is 0 Å². The number of pyridine rings is 1. The molecule has 0 aromatic carbocycles. The lowest BCUT2D eigenvalue weighted by Gasteiger charge is -2.09. The largest absolute Gasteiger partial charge is 0.357 e. The van der Waals surface area contributed by atoms with Crippen molar-refractivity contribution < 1.29 is 0 Å². The summed E-state index contributed by atoms with van der Waals surface area (Å²) in [6, 6.07) is 3.78. The molecule has 0 saturated carbocycles. The third kappa shape index (κ3) is 3.61. The highest BCUT2D eigenvalue weighted by molar-refractivity contribution is 5.79. The summed E-state index contributed by atoms with van der Waals surface area (Å²) in [5, 5.41) is 6.26. The van der Waals surface area contributed by atoms with Crippen molar-refractivity contribution >= 4 is 5.96 Å². The summed E-state index contributed by atoms with van der Waals surface area (Å²) in [6.45, 7) is 7.93. The van der Waals surface area contributed by atoms with Gasteiger partial charge < -0.3 is 15.2 Å². The van der Waals surface area contributed by atoms with E-state index in [9.17, 15) is 4.79 Å². The third-order valence-corrected chi connectivity index (χ3v) is 2.73. The smallest absolute Gasteiger partial charge is 0.255 e. The zero-order chi connectivity index (χ0) is 13.5. The van der Waals surface area contributed by atoms with Gasteiger partial charge in [0.1, 0.15) is 0 Å². The topological polar surface area (TPSA) is 58.4 Å². The lowest BCUT2D eigenvalue weighted by molar-refractivity contribution is 0.787. The van der Waals surface area contributed by atoms with Crippen LogP contribution in [0.15, 0.2) is 21.9 Å². The summed E-state index contributed by atoms with van der Waals surface area (Å²) in [6.07, 6.45) is 0. The quantitative estimate of drug-likeness (QED) is 0.613. The van der Waals surface area contributed by atoms with Crippen molar-refractivity contribution in [1.29, 1.82) is 0 Å². The summed E-state index contributed by atoms with van der Waals surface area (Å²) < 4.78 is 1.64. The van der Waals surface area contributed by atoms with Crippen molar-refractivity contribution in [3.63, 3.8) is 0 Å². The van der Waals surface area contributed by atoms with Gasteiger partial charge in [-0.2, -0.15) is 0 Å². The average Bonchev–Trinajstić information content (AvgIpc) is 2.35. The third-order valence-electron chi connectivity index (χ3n) is 2.73. The van der Waals surface area contributed by atoms with Gasteiger partial charge >= 0.3 is 0 Å². The lowest BCUT2D eigenvalue weighted by Crippen LogP contribution is -2.37. The fraction of sp³-hybridized carbons (Fsp3) is 0.538. The maximum Gasteiger partial charge on any atom is 0.255 e. The molecule has 5 heteroatoms. The summed E-state index contributed by atoms with van der Waals surface area (Å²) in [5.41, 5.74) is 1.67. The maximum atomic E-state index is 12.0. The highest BCUT2D eigenvalue weighted by atomic mass is 16.1.